The van der Waals surface area contributed by atoms with Crippen LogP contribution >= 0.6 is 0 Å². The van der Waals surface area contributed by atoms with Crippen molar-refractivity contribution in [1.82, 2.24) is 0 Å². The molecule has 20 heavy (non-hydrogen) atoms. The summed E-state index contributed by atoms with van der Waals surface area (Å²) in [5.41, 5.74) is 4.83. The molecule has 0 aliphatic carbocycles. The summed E-state index contributed by atoms with van der Waals surface area (Å²) in [6.45, 7) is 13.8. The molecule has 112 valence electrons. The number of carbonyl (C=O) groups excluding carboxylic acids is 1. The molecule has 0 heterocycles. The third kappa shape index (κ3) is 8.52. The SMILES string of the molecule is CC(=O)O[C@@H](CC=C(C)C)/C(C)=C/C=C/C(C)=C(C)C. The average molecular weight is 276 g/mol. The number of ether oxygens (including phenoxy) is 1. The first kappa shape index (κ1) is 18.4. The third-order valence-electron chi connectivity index (χ3n) is 3.05. The van der Waals surface area contributed by atoms with Crippen molar-refractivity contribution < 1.29 is 9.53 Å². The number of esters is 1. The van der Waals surface area contributed by atoms with Crippen molar-refractivity contribution in [2.75, 3.05) is 0 Å². The lowest BCUT2D eigenvalue weighted by molar-refractivity contribution is -0.144. The minimum absolute atomic E-state index is 0.181. The van der Waals surface area contributed by atoms with Crippen molar-refractivity contribution in [3.8, 4) is 0 Å². The summed E-state index contributed by atoms with van der Waals surface area (Å²) in [7, 11) is 0. The Morgan fingerprint density at radius 1 is 1.05 bits per heavy atom. The van der Waals surface area contributed by atoms with E-state index in [2.05, 4.69) is 32.9 Å². The van der Waals surface area contributed by atoms with E-state index >= 15 is 0 Å². The van der Waals surface area contributed by atoms with Crippen LogP contribution in [0.1, 0.15) is 54.9 Å². The predicted molar refractivity (Wildman–Crippen MR) is 86.5 cm³/mol. The van der Waals surface area contributed by atoms with Crippen molar-refractivity contribution in [2.45, 2.75) is 61.0 Å². The van der Waals surface area contributed by atoms with Crippen LogP contribution in [0.25, 0.3) is 0 Å². The van der Waals surface area contributed by atoms with Crippen LogP contribution < -0.4 is 0 Å². The van der Waals surface area contributed by atoms with E-state index in [1.165, 1.54) is 23.6 Å². The van der Waals surface area contributed by atoms with Crippen molar-refractivity contribution in [2.24, 2.45) is 0 Å². The van der Waals surface area contributed by atoms with E-state index in [9.17, 15) is 4.79 Å². The van der Waals surface area contributed by atoms with Gasteiger partial charge in [0.05, 0.1) is 0 Å². The van der Waals surface area contributed by atoms with E-state index in [0.29, 0.717) is 0 Å². The minimum Gasteiger partial charge on any atom is -0.458 e. The van der Waals surface area contributed by atoms with Gasteiger partial charge >= 0.3 is 5.97 Å². The maximum absolute atomic E-state index is 11.2. The molecule has 0 bridgehead atoms. The second-order valence-electron chi connectivity index (χ2n) is 5.57. The van der Waals surface area contributed by atoms with Gasteiger partial charge in [-0.2, -0.15) is 0 Å². The number of carbonyl (C=O) groups is 1. The van der Waals surface area contributed by atoms with Gasteiger partial charge in [-0.05, 0) is 47.1 Å². The molecule has 1 atom stereocenters. The Kier molecular flexibility index (Phi) is 8.62. The summed E-state index contributed by atoms with van der Waals surface area (Å²) in [5, 5.41) is 0. The van der Waals surface area contributed by atoms with Crippen molar-refractivity contribution in [1.29, 1.82) is 0 Å². The van der Waals surface area contributed by atoms with Crippen molar-refractivity contribution in [3.05, 3.63) is 46.6 Å². The molecule has 0 aliphatic heterocycles. The molecule has 0 aromatic heterocycles. The fourth-order valence-corrected chi connectivity index (χ4v) is 1.49. The lowest BCUT2D eigenvalue weighted by Crippen LogP contribution is -2.17. The minimum atomic E-state index is -0.241. The quantitative estimate of drug-likeness (QED) is 0.382. The molecule has 0 saturated carbocycles. The topological polar surface area (TPSA) is 26.3 Å². The second-order valence-corrected chi connectivity index (χ2v) is 5.57. The molecule has 0 N–H and O–H groups in total. The number of hydrogen-bond acceptors (Lipinski definition) is 2. The van der Waals surface area contributed by atoms with Gasteiger partial charge in [0, 0.05) is 13.3 Å². The van der Waals surface area contributed by atoms with Crippen LogP contribution in [-0.2, 0) is 9.53 Å². The largest absolute Gasteiger partial charge is 0.458 e. The van der Waals surface area contributed by atoms with Crippen LogP contribution in [-0.4, -0.2) is 12.1 Å². The zero-order valence-corrected chi connectivity index (χ0v) is 13.9. The lowest BCUT2D eigenvalue weighted by Gasteiger charge is -2.16. The zero-order chi connectivity index (χ0) is 15.7. The summed E-state index contributed by atoms with van der Waals surface area (Å²) in [5.74, 6) is -0.241. The summed E-state index contributed by atoms with van der Waals surface area (Å²) in [6, 6.07) is 0. The molecule has 0 aliphatic rings. The molecule has 0 aromatic rings. The van der Waals surface area contributed by atoms with Gasteiger partial charge in [-0.25, -0.2) is 0 Å². The molecule has 0 spiro atoms. The van der Waals surface area contributed by atoms with Crippen LogP contribution in [0.2, 0.25) is 0 Å². The van der Waals surface area contributed by atoms with Gasteiger partial charge in [-0.3, -0.25) is 4.79 Å². The Balaban J connectivity index is 4.93. The summed E-state index contributed by atoms with van der Waals surface area (Å²) in [6.07, 6.45) is 8.73. The van der Waals surface area contributed by atoms with Gasteiger partial charge in [0.15, 0.2) is 0 Å². The smallest absolute Gasteiger partial charge is 0.303 e. The number of allylic oxidation sites excluding steroid dienone is 6. The molecular weight excluding hydrogens is 248 g/mol. The van der Waals surface area contributed by atoms with Gasteiger partial charge in [0.25, 0.3) is 0 Å². The maximum atomic E-state index is 11.2. The van der Waals surface area contributed by atoms with Crippen molar-refractivity contribution >= 4 is 5.97 Å². The Morgan fingerprint density at radius 2 is 1.65 bits per heavy atom. The van der Waals surface area contributed by atoms with Gasteiger partial charge < -0.3 is 4.74 Å². The normalized spacial score (nSPS) is 13.1. The predicted octanol–water partition coefficient (Wildman–Crippen LogP) is 5.13. The summed E-state index contributed by atoms with van der Waals surface area (Å²) >= 11 is 0. The van der Waals surface area contributed by atoms with Crippen LogP contribution in [0.4, 0.5) is 0 Å². The highest BCUT2D eigenvalue weighted by molar-refractivity contribution is 5.66. The fraction of sp³-hybridized carbons (Fsp3) is 0.500. The van der Waals surface area contributed by atoms with Gasteiger partial charge in [0.1, 0.15) is 6.10 Å². The molecule has 0 aromatic carbocycles. The molecule has 0 fully saturated rings. The van der Waals surface area contributed by atoms with Crippen LogP contribution in [0.3, 0.4) is 0 Å². The second kappa shape index (κ2) is 9.35. The average Bonchev–Trinajstić information content (AvgIpc) is 2.33. The standard InChI is InChI=1S/C18H28O2/c1-13(2)11-12-18(20-17(7)19)16(6)10-8-9-15(5)14(3)4/h8-11,18H,12H2,1-7H3/b9-8+,16-10+/t18-/m0/s1. The Labute approximate surface area is 123 Å². The van der Waals surface area contributed by atoms with Crippen LogP contribution in [0.5, 0.6) is 0 Å². The van der Waals surface area contributed by atoms with Crippen LogP contribution in [0.15, 0.2) is 46.6 Å². The Morgan fingerprint density at radius 3 is 2.10 bits per heavy atom. The van der Waals surface area contributed by atoms with Crippen LogP contribution in [0, 0.1) is 0 Å². The maximum Gasteiger partial charge on any atom is 0.303 e. The molecule has 0 saturated heterocycles. The van der Waals surface area contributed by atoms with Gasteiger partial charge in [-0.1, -0.05) is 41.0 Å². The zero-order valence-electron chi connectivity index (χ0n) is 13.9. The highest BCUT2D eigenvalue weighted by atomic mass is 16.5. The molecule has 0 radical (unpaired) electrons. The highest BCUT2D eigenvalue weighted by Crippen LogP contribution is 2.14. The number of hydrogen-bond donors (Lipinski definition) is 0. The van der Waals surface area contributed by atoms with E-state index in [4.69, 9.17) is 4.74 Å². The molecule has 2 heteroatoms. The Hall–Kier alpha value is -1.57. The first-order chi connectivity index (χ1) is 9.23. The third-order valence-corrected chi connectivity index (χ3v) is 3.05. The van der Waals surface area contributed by atoms with Gasteiger partial charge in [-0.15, -0.1) is 0 Å². The molecular formula is C18H28O2. The van der Waals surface area contributed by atoms with E-state index in [1.807, 2.05) is 32.9 Å². The van der Waals surface area contributed by atoms with E-state index in [0.717, 1.165) is 12.0 Å². The molecule has 0 unspecified atom stereocenters. The summed E-state index contributed by atoms with van der Waals surface area (Å²) < 4.78 is 5.37. The van der Waals surface area contributed by atoms with Crippen molar-refractivity contribution in [3.63, 3.8) is 0 Å². The summed E-state index contributed by atoms with van der Waals surface area (Å²) in [4.78, 5) is 11.2. The molecule has 2 nitrogen and oxygen atoms in total. The van der Waals surface area contributed by atoms with E-state index < -0.39 is 0 Å². The monoisotopic (exact) mass is 276 g/mol. The lowest BCUT2D eigenvalue weighted by atomic mass is 10.1. The highest BCUT2D eigenvalue weighted by Gasteiger charge is 2.12. The van der Waals surface area contributed by atoms with E-state index in [-0.39, 0.29) is 12.1 Å². The Bertz CT molecular complexity index is 440. The number of rotatable bonds is 6. The van der Waals surface area contributed by atoms with E-state index in [1.54, 1.807) is 0 Å². The first-order valence-electron chi connectivity index (χ1n) is 7.03. The molecule has 0 rings (SSSR count). The fourth-order valence-electron chi connectivity index (χ4n) is 1.49. The molecule has 0 amide bonds. The first-order valence-corrected chi connectivity index (χ1v) is 7.03. The van der Waals surface area contributed by atoms with Gasteiger partial charge in [0.2, 0.25) is 0 Å².